The number of fused-ring (bicyclic) bond motifs is 1. The molecule has 2 aromatic heterocycles. The van der Waals surface area contributed by atoms with E-state index in [-0.39, 0.29) is 18.3 Å². The molecule has 0 saturated carbocycles. The van der Waals surface area contributed by atoms with Crippen molar-refractivity contribution in [2.24, 2.45) is 0 Å². The van der Waals surface area contributed by atoms with Crippen molar-refractivity contribution in [1.29, 1.82) is 0 Å². The first kappa shape index (κ1) is 18.9. The fourth-order valence-corrected chi connectivity index (χ4v) is 4.46. The molecule has 0 N–H and O–H groups in total. The van der Waals surface area contributed by atoms with E-state index in [4.69, 9.17) is 4.98 Å². The minimum atomic E-state index is -0.241. The van der Waals surface area contributed by atoms with E-state index < -0.39 is 0 Å². The number of thioether (sulfide) groups is 1. The number of rotatable bonds is 5. The topological polar surface area (TPSA) is 51.0 Å². The van der Waals surface area contributed by atoms with Gasteiger partial charge in [-0.25, -0.2) is 9.37 Å². The Bertz CT molecular complexity index is 949. The molecule has 0 unspecified atom stereocenters. The van der Waals surface area contributed by atoms with Gasteiger partial charge in [0.1, 0.15) is 12.4 Å². The van der Waals surface area contributed by atoms with Crippen LogP contribution in [0.4, 0.5) is 4.39 Å². The van der Waals surface area contributed by atoms with Crippen molar-refractivity contribution in [1.82, 2.24) is 19.4 Å². The van der Waals surface area contributed by atoms with Gasteiger partial charge < -0.3 is 9.47 Å². The molecule has 1 aliphatic heterocycles. The van der Waals surface area contributed by atoms with Crippen molar-refractivity contribution < 1.29 is 9.18 Å². The number of nitrogens with zero attached hydrogens (tertiary/aromatic N) is 4. The number of amides is 1. The maximum absolute atomic E-state index is 13.1. The van der Waals surface area contributed by atoms with Gasteiger partial charge >= 0.3 is 0 Å². The lowest BCUT2D eigenvalue weighted by Gasteiger charge is -2.21. The standard InChI is InChI=1S/C21H23FN4OS/c22-17-7-5-16(6-8-17)15-28-21-24-18-9-10-23-13-19(18)26(21)14-20(27)25-11-3-1-2-4-12-25/h5-10,13H,1-4,11-12,14-15H2. The van der Waals surface area contributed by atoms with Crippen LogP contribution >= 0.6 is 11.8 Å². The van der Waals surface area contributed by atoms with E-state index in [0.717, 1.165) is 47.7 Å². The third kappa shape index (κ3) is 4.35. The largest absolute Gasteiger partial charge is 0.341 e. The zero-order valence-corrected chi connectivity index (χ0v) is 16.5. The first-order chi connectivity index (χ1) is 13.7. The molecule has 1 fully saturated rings. The summed E-state index contributed by atoms with van der Waals surface area (Å²) in [7, 11) is 0. The van der Waals surface area contributed by atoms with E-state index in [1.807, 2.05) is 15.5 Å². The number of carbonyl (C=O) groups excluding carboxylic acids is 1. The Morgan fingerprint density at radius 3 is 2.57 bits per heavy atom. The first-order valence-corrected chi connectivity index (χ1v) is 10.6. The molecule has 0 spiro atoms. The fourth-order valence-electron chi connectivity index (χ4n) is 3.49. The summed E-state index contributed by atoms with van der Waals surface area (Å²) in [6.45, 7) is 1.94. The molecular weight excluding hydrogens is 375 g/mol. The normalized spacial score (nSPS) is 15.0. The van der Waals surface area contributed by atoms with Gasteiger partial charge in [-0.2, -0.15) is 0 Å². The molecular formula is C21H23FN4OS. The molecule has 1 aromatic carbocycles. The number of hydrogen-bond donors (Lipinski definition) is 0. The van der Waals surface area contributed by atoms with Crippen molar-refractivity contribution in [2.75, 3.05) is 13.1 Å². The van der Waals surface area contributed by atoms with Crippen LogP contribution in [0.2, 0.25) is 0 Å². The molecule has 1 amide bonds. The predicted molar refractivity (Wildman–Crippen MR) is 109 cm³/mol. The van der Waals surface area contributed by atoms with Gasteiger partial charge in [-0.3, -0.25) is 9.78 Å². The van der Waals surface area contributed by atoms with E-state index in [9.17, 15) is 9.18 Å². The molecule has 28 heavy (non-hydrogen) atoms. The SMILES string of the molecule is O=C(Cn1c(SCc2ccc(F)cc2)nc2ccncc21)N1CCCCCC1. The quantitative estimate of drug-likeness (QED) is 0.603. The van der Waals surface area contributed by atoms with Gasteiger partial charge in [0.2, 0.25) is 5.91 Å². The predicted octanol–water partition coefficient (Wildman–Crippen LogP) is 4.27. The second kappa shape index (κ2) is 8.73. The Balaban J connectivity index is 1.56. The van der Waals surface area contributed by atoms with Crippen molar-refractivity contribution in [3.8, 4) is 0 Å². The van der Waals surface area contributed by atoms with Crippen molar-refractivity contribution in [2.45, 2.75) is 43.1 Å². The van der Waals surface area contributed by atoms with Crippen molar-refractivity contribution in [3.05, 3.63) is 54.1 Å². The van der Waals surface area contributed by atoms with E-state index >= 15 is 0 Å². The average molecular weight is 399 g/mol. The molecule has 4 rings (SSSR count). The highest BCUT2D eigenvalue weighted by molar-refractivity contribution is 7.98. The minimum absolute atomic E-state index is 0.133. The van der Waals surface area contributed by atoms with E-state index in [1.54, 1.807) is 36.3 Å². The van der Waals surface area contributed by atoms with Crippen LogP contribution in [-0.4, -0.2) is 38.4 Å². The molecule has 0 radical (unpaired) electrons. The molecule has 1 aliphatic rings. The third-order valence-corrected chi connectivity index (χ3v) is 6.10. The molecule has 0 bridgehead atoms. The lowest BCUT2D eigenvalue weighted by molar-refractivity contribution is -0.131. The Morgan fingerprint density at radius 1 is 1.07 bits per heavy atom. The Hall–Kier alpha value is -2.41. The third-order valence-electron chi connectivity index (χ3n) is 5.05. The number of benzene rings is 1. The van der Waals surface area contributed by atoms with Gasteiger partial charge in [0.25, 0.3) is 0 Å². The first-order valence-electron chi connectivity index (χ1n) is 9.66. The van der Waals surface area contributed by atoms with E-state index in [0.29, 0.717) is 5.75 Å². The zero-order chi connectivity index (χ0) is 19.3. The van der Waals surface area contributed by atoms with Gasteiger partial charge in [-0.1, -0.05) is 36.7 Å². The number of halogens is 1. The second-order valence-electron chi connectivity index (χ2n) is 7.06. The van der Waals surface area contributed by atoms with Crippen LogP contribution < -0.4 is 0 Å². The molecule has 0 atom stereocenters. The average Bonchev–Trinajstić information content (AvgIpc) is 2.88. The number of likely N-dealkylation sites (tertiary alicyclic amines) is 1. The maximum Gasteiger partial charge on any atom is 0.242 e. The minimum Gasteiger partial charge on any atom is -0.341 e. The molecule has 3 aromatic rings. The van der Waals surface area contributed by atoms with Gasteiger partial charge in [-0.05, 0) is 36.6 Å². The smallest absolute Gasteiger partial charge is 0.242 e. The molecule has 1 saturated heterocycles. The van der Waals surface area contributed by atoms with Gasteiger partial charge in [0, 0.05) is 25.0 Å². The number of aromatic nitrogens is 3. The van der Waals surface area contributed by atoms with E-state index in [2.05, 4.69) is 4.98 Å². The number of hydrogen-bond acceptors (Lipinski definition) is 4. The van der Waals surface area contributed by atoms with Crippen LogP contribution in [0.5, 0.6) is 0 Å². The van der Waals surface area contributed by atoms with Crippen LogP contribution in [0.3, 0.4) is 0 Å². The van der Waals surface area contributed by atoms with E-state index in [1.165, 1.54) is 25.0 Å². The molecule has 7 heteroatoms. The van der Waals surface area contributed by atoms with Gasteiger partial charge in [0.15, 0.2) is 5.16 Å². The fraction of sp³-hybridized carbons (Fsp3) is 0.381. The second-order valence-corrected chi connectivity index (χ2v) is 8.00. The molecule has 3 heterocycles. The summed E-state index contributed by atoms with van der Waals surface area (Å²) in [5.74, 6) is 0.554. The van der Waals surface area contributed by atoms with Crippen molar-refractivity contribution >= 4 is 28.7 Å². The lowest BCUT2D eigenvalue weighted by atomic mass is 10.2. The van der Waals surface area contributed by atoms with Gasteiger partial charge in [-0.15, -0.1) is 0 Å². The van der Waals surface area contributed by atoms with Crippen molar-refractivity contribution in [3.63, 3.8) is 0 Å². The maximum atomic E-state index is 13.1. The Kier molecular flexibility index (Phi) is 5.90. The Morgan fingerprint density at radius 2 is 1.82 bits per heavy atom. The Labute approximate surface area is 168 Å². The molecule has 0 aliphatic carbocycles. The van der Waals surface area contributed by atoms with Crippen LogP contribution in [0.25, 0.3) is 11.0 Å². The highest BCUT2D eigenvalue weighted by Gasteiger charge is 2.19. The summed E-state index contributed by atoms with van der Waals surface area (Å²) in [6, 6.07) is 8.35. The summed E-state index contributed by atoms with van der Waals surface area (Å²) in [6.07, 6.45) is 8.01. The summed E-state index contributed by atoms with van der Waals surface area (Å²) in [5, 5.41) is 0.787. The highest BCUT2D eigenvalue weighted by atomic mass is 32.2. The lowest BCUT2D eigenvalue weighted by Crippen LogP contribution is -2.34. The summed E-state index contributed by atoms with van der Waals surface area (Å²) in [5.41, 5.74) is 2.72. The summed E-state index contributed by atoms with van der Waals surface area (Å²) < 4.78 is 15.1. The zero-order valence-electron chi connectivity index (χ0n) is 15.7. The van der Waals surface area contributed by atoms with Gasteiger partial charge in [0.05, 0.1) is 17.2 Å². The number of carbonyl (C=O) groups is 1. The molecule has 146 valence electrons. The highest BCUT2D eigenvalue weighted by Crippen LogP contribution is 2.27. The van der Waals surface area contributed by atoms with Crippen LogP contribution in [0.15, 0.2) is 47.9 Å². The van der Waals surface area contributed by atoms with Crippen LogP contribution in [-0.2, 0) is 17.1 Å². The van der Waals surface area contributed by atoms with Crippen LogP contribution in [0.1, 0.15) is 31.2 Å². The monoisotopic (exact) mass is 398 g/mol. The molecule has 5 nitrogen and oxygen atoms in total. The summed E-state index contributed by atoms with van der Waals surface area (Å²) in [4.78, 5) is 23.8. The number of imidazole rings is 1. The summed E-state index contributed by atoms with van der Waals surface area (Å²) >= 11 is 1.56. The van der Waals surface area contributed by atoms with Crippen LogP contribution in [0, 0.1) is 5.82 Å². The number of pyridine rings is 1.